The van der Waals surface area contributed by atoms with Crippen LogP contribution in [0.2, 0.25) is 0 Å². The molecular formula is C49H48N2O5. The van der Waals surface area contributed by atoms with Gasteiger partial charge in [0.05, 0.1) is 24.5 Å². The average Bonchev–Trinajstić information content (AvgIpc) is 3.78. The molecule has 0 spiro atoms. The van der Waals surface area contributed by atoms with Crippen molar-refractivity contribution in [2.75, 3.05) is 26.3 Å². The molecule has 3 saturated heterocycles. The van der Waals surface area contributed by atoms with Crippen molar-refractivity contribution in [2.45, 2.75) is 50.8 Å². The smallest absolute Gasteiger partial charge is 0.234 e. The number of benzene rings is 5. The number of phenols is 1. The van der Waals surface area contributed by atoms with Crippen LogP contribution in [0.1, 0.15) is 48.8 Å². The first kappa shape index (κ1) is 36.2. The van der Waals surface area contributed by atoms with Crippen molar-refractivity contribution < 1.29 is 24.2 Å². The van der Waals surface area contributed by atoms with E-state index in [1.165, 1.54) is 11.1 Å². The van der Waals surface area contributed by atoms with E-state index in [0.717, 1.165) is 84.1 Å². The predicted octanol–water partition coefficient (Wildman–Crippen LogP) is 8.93. The Labute approximate surface area is 328 Å². The van der Waals surface area contributed by atoms with Gasteiger partial charge in [0.2, 0.25) is 11.8 Å². The van der Waals surface area contributed by atoms with E-state index in [0.29, 0.717) is 19.6 Å². The molecule has 3 fully saturated rings. The zero-order chi connectivity index (χ0) is 38.0. The maximum absolute atomic E-state index is 14.5. The number of aromatic hydroxyl groups is 1. The van der Waals surface area contributed by atoms with Crippen molar-refractivity contribution in [2.24, 2.45) is 17.8 Å². The molecule has 2 amide bonds. The molecule has 284 valence electrons. The van der Waals surface area contributed by atoms with Crippen molar-refractivity contribution in [1.82, 2.24) is 9.80 Å². The molecule has 0 bridgehead atoms. The molecule has 4 aliphatic rings. The zero-order valence-corrected chi connectivity index (χ0v) is 31.6. The summed E-state index contributed by atoms with van der Waals surface area (Å²) in [6, 6.07) is 42.3. The molecule has 3 aliphatic heterocycles. The fourth-order valence-electron chi connectivity index (χ4n) is 9.71. The lowest BCUT2D eigenvalue weighted by molar-refractivity contribution is -0.144. The molecule has 0 aromatic heterocycles. The molecule has 9 rings (SSSR count). The van der Waals surface area contributed by atoms with Gasteiger partial charge in [-0.1, -0.05) is 115 Å². The Morgan fingerprint density at radius 1 is 0.768 bits per heavy atom. The summed E-state index contributed by atoms with van der Waals surface area (Å²) in [6.45, 7) is 3.38. The van der Waals surface area contributed by atoms with Crippen LogP contribution in [0.3, 0.4) is 0 Å². The first-order valence-electron chi connectivity index (χ1n) is 20.1. The quantitative estimate of drug-likeness (QED) is 0.0827. The maximum atomic E-state index is 14.5. The van der Waals surface area contributed by atoms with Gasteiger partial charge in [-0.25, -0.2) is 0 Å². The number of phenolic OH excluding ortho intramolecular Hbond substituents is 1. The summed E-state index contributed by atoms with van der Waals surface area (Å²) in [5.41, 5.74) is 6.88. The Morgan fingerprint density at radius 2 is 1.45 bits per heavy atom. The minimum absolute atomic E-state index is 0.0136. The van der Waals surface area contributed by atoms with Crippen LogP contribution >= 0.6 is 0 Å². The van der Waals surface area contributed by atoms with Crippen LogP contribution in [-0.4, -0.2) is 65.2 Å². The molecule has 1 aliphatic carbocycles. The number of rotatable bonds is 11. The molecule has 0 unspecified atom stereocenters. The Kier molecular flexibility index (Phi) is 10.3. The van der Waals surface area contributed by atoms with E-state index in [4.69, 9.17) is 9.47 Å². The normalized spacial score (nSPS) is 23.1. The minimum atomic E-state index is -0.405. The summed E-state index contributed by atoms with van der Waals surface area (Å²) in [5, 5.41) is 12.4. The Balaban J connectivity index is 0.978. The summed E-state index contributed by atoms with van der Waals surface area (Å²) in [7, 11) is 0. The fourth-order valence-corrected chi connectivity index (χ4v) is 9.71. The van der Waals surface area contributed by atoms with Gasteiger partial charge in [-0.15, -0.1) is 0 Å². The third-order valence-corrected chi connectivity index (χ3v) is 12.5. The number of fused-ring (bicyclic) bond motifs is 4. The Bertz CT molecular complexity index is 2260. The van der Waals surface area contributed by atoms with Crippen LogP contribution in [0.4, 0.5) is 0 Å². The van der Waals surface area contributed by atoms with Gasteiger partial charge in [0.15, 0.2) is 0 Å². The van der Waals surface area contributed by atoms with Crippen molar-refractivity contribution in [1.29, 1.82) is 0 Å². The Morgan fingerprint density at radius 3 is 2.20 bits per heavy atom. The van der Waals surface area contributed by atoms with Crippen molar-refractivity contribution in [3.8, 4) is 11.5 Å². The number of allylic oxidation sites excluding steroid dienone is 1. The lowest BCUT2D eigenvalue weighted by atomic mass is 9.69. The molecule has 5 aromatic rings. The third kappa shape index (κ3) is 7.17. The summed E-state index contributed by atoms with van der Waals surface area (Å²) < 4.78 is 13.1. The van der Waals surface area contributed by atoms with Gasteiger partial charge in [0.1, 0.15) is 18.1 Å². The van der Waals surface area contributed by atoms with E-state index in [-0.39, 0.29) is 35.6 Å². The number of ether oxygens (including phenoxy) is 2. The van der Waals surface area contributed by atoms with Crippen LogP contribution in [0.5, 0.6) is 11.5 Å². The van der Waals surface area contributed by atoms with Gasteiger partial charge in [-0.05, 0) is 89.1 Å². The fraction of sp³-hybridized carbons (Fsp3) is 0.306. The Hall–Kier alpha value is -5.50. The highest BCUT2D eigenvalue weighted by atomic mass is 16.5. The third-order valence-electron chi connectivity index (χ3n) is 12.5. The van der Waals surface area contributed by atoms with Crippen LogP contribution in [0.15, 0.2) is 139 Å². The van der Waals surface area contributed by atoms with Crippen LogP contribution in [0, 0.1) is 17.8 Å². The van der Waals surface area contributed by atoms with E-state index in [9.17, 15) is 14.7 Å². The molecule has 0 saturated carbocycles. The monoisotopic (exact) mass is 744 g/mol. The van der Waals surface area contributed by atoms with Crippen LogP contribution in [-0.2, 0) is 20.9 Å². The standard InChI is InChI=1S/C49H48N2O5/c52-44-22-20-36(40-18-10-11-19-41(40)44)28-35(34-14-6-2-7-15-34)21-23-45-46-37(31-55-39-16-8-3-9-17-39)29-42-47(43(46)32-56-45)49(54)51(48(42)53)38-24-26-50(27-25-38)30-33-12-4-1-5-13-33/h1-20,22,28,38,42-43,45,47,52H,21,23-27,29-32H2/b35-28-/t42-,43+,45-,47-/m1/s1. The first-order chi connectivity index (χ1) is 27.5. The SMILES string of the molecule is O=C1[C@@H]2[C@@H](CC(COc3ccccc3)=C3[C@@H](CC/C(=C/c4ccc(O)c5ccccc45)c4ccccc4)OC[C@@H]32)C(=O)N1C1CCN(Cc2ccccc2)CC1. The number of likely N-dealkylation sites (tertiary alicyclic amines) is 2. The summed E-state index contributed by atoms with van der Waals surface area (Å²) >= 11 is 0. The number of hydrogen-bond acceptors (Lipinski definition) is 6. The molecule has 5 aromatic carbocycles. The van der Waals surface area contributed by atoms with Gasteiger partial charge < -0.3 is 14.6 Å². The first-order valence-corrected chi connectivity index (χ1v) is 20.1. The highest BCUT2D eigenvalue weighted by Crippen LogP contribution is 2.51. The second-order valence-corrected chi connectivity index (χ2v) is 15.8. The number of amides is 2. The molecule has 7 heteroatoms. The number of hydrogen-bond donors (Lipinski definition) is 1. The second-order valence-electron chi connectivity index (χ2n) is 15.8. The molecule has 7 nitrogen and oxygen atoms in total. The lowest BCUT2D eigenvalue weighted by Gasteiger charge is -2.36. The van der Waals surface area contributed by atoms with E-state index >= 15 is 0 Å². The number of nitrogens with zero attached hydrogens (tertiary/aromatic N) is 2. The number of piperidine rings is 1. The van der Waals surface area contributed by atoms with E-state index in [2.05, 4.69) is 59.5 Å². The van der Waals surface area contributed by atoms with E-state index in [1.807, 2.05) is 72.8 Å². The number of carbonyl (C=O) groups excluding carboxylic acids is 2. The largest absolute Gasteiger partial charge is 0.507 e. The average molecular weight is 745 g/mol. The maximum Gasteiger partial charge on any atom is 0.234 e. The highest BCUT2D eigenvalue weighted by molar-refractivity contribution is 6.06. The van der Waals surface area contributed by atoms with Gasteiger partial charge in [-0.2, -0.15) is 0 Å². The van der Waals surface area contributed by atoms with Gasteiger partial charge in [-0.3, -0.25) is 19.4 Å². The summed E-state index contributed by atoms with van der Waals surface area (Å²) in [6.07, 6.45) is 5.60. The highest BCUT2D eigenvalue weighted by Gasteiger charge is 2.58. The topological polar surface area (TPSA) is 79.3 Å². The van der Waals surface area contributed by atoms with Crippen molar-refractivity contribution in [3.63, 3.8) is 0 Å². The molecule has 3 heterocycles. The molecule has 1 N–H and O–H groups in total. The number of carbonyl (C=O) groups is 2. The van der Waals surface area contributed by atoms with Gasteiger partial charge in [0.25, 0.3) is 0 Å². The van der Waals surface area contributed by atoms with Gasteiger partial charge >= 0.3 is 0 Å². The number of para-hydroxylation sites is 1. The molecule has 56 heavy (non-hydrogen) atoms. The van der Waals surface area contributed by atoms with Crippen molar-refractivity contribution >= 4 is 34.2 Å². The second kappa shape index (κ2) is 15.9. The number of imide groups is 1. The van der Waals surface area contributed by atoms with Gasteiger partial charge in [0, 0.05) is 37.0 Å². The minimum Gasteiger partial charge on any atom is -0.507 e. The predicted molar refractivity (Wildman–Crippen MR) is 220 cm³/mol. The summed E-state index contributed by atoms with van der Waals surface area (Å²) in [4.78, 5) is 32.9. The molecule has 4 atom stereocenters. The van der Waals surface area contributed by atoms with E-state index < -0.39 is 11.8 Å². The zero-order valence-electron chi connectivity index (χ0n) is 31.6. The van der Waals surface area contributed by atoms with Crippen LogP contribution < -0.4 is 4.74 Å². The lowest BCUT2D eigenvalue weighted by Crippen LogP contribution is -2.47. The molecular weight excluding hydrogens is 697 g/mol. The summed E-state index contributed by atoms with van der Waals surface area (Å²) in [5.74, 6) is 0.0674. The van der Waals surface area contributed by atoms with Crippen molar-refractivity contribution in [3.05, 3.63) is 155 Å². The van der Waals surface area contributed by atoms with E-state index in [1.54, 1.807) is 11.0 Å². The molecule has 0 radical (unpaired) electrons. The van der Waals surface area contributed by atoms with Crippen LogP contribution in [0.25, 0.3) is 22.4 Å².